The van der Waals surface area contributed by atoms with Crippen molar-refractivity contribution in [2.45, 2.75) is 11.3 Å². The fourth-order valence-corrected chi connectivity index (χ4v) is 1.90. The van der Waals surface area contributed by atoms with Gasteiger partial charge in [-0.1, -0.05) is 0 Å². The maximum atomic E-state index is 11.3. The number of hydrogen-bond donors (Lipinski definition) is 2. The molecule has 1 heterocycles. The van der Waals surface area contributed by atoms with E-state index in [1.54, 1.807) is 0 Å². The number of hydrogen-bond acceptors (Lipinski definition) is 4. The highest BCUT2D eigenvalue weighted by Crippen LogP contribution is 2.19. The molecule has 0 aliphatic carbocycles. The van der Waals surface area contributed by atoms with E-state index in [0.29, 0.717) is 5.69 Å². The van der Waals surface area contributed by atoms with E-state index < -0.39 is 21.9 Å². The van der Waals surface area contributed by atoms with E-state index in [9.17, 15) is 18.0 Å². The molecule has 17 heavy (non-hydrogen) atoms. The summed E-state index contributed by atoms with van der Waals surface area (Å²) in [4.78, 5) is 22.0. The molecule has 0 atom stereocenters. The lowest BCUT2D eigenvalue weighted by atomic mass is 10.3. The molecular weight excluding hydrogens is 248 g/mol. The number of carbonyl (C=O) groups is 2. The van der Waals surface area contributed by atoms with E-state index in [1.807, 2.05) is 0 Å². The molecule has 90 valence electrons. The van der Waals surface area contributed by atoms with Crippen molar-refractivity contribution < 1.29 is 22.6 Å². The minimum absolute atomic E-state index is 0.236. The third-order valence-electron chi connectivity index (χ3n) is 2.19. The van der Waals surface area contributed by atoms with Crippen molar-refractivity contribution in [3.05, 3.63) is 24.3 Å². The van der Waals surface area contributed by atoms with Gasteiger partial charge in [0.05, 0.1) is 10.6 Å². The lowest BCUT2D eigenvalue weighted by Gasteiger charge is -2.14. The quantitative estimate of drug-likeness (QED) is 0.558. The number of anilines is 1. The minimum Gasteiger partial charge on any atom is -0.282 e. The van der Waals surface area contributed by atoms with Gasteiger partial charge in [-0.2, -0.15) is 8.42 Å². The van der Waals surface area contributed by atoms with Gasteiger partial charge < -0.3 is 0 Å². The van der Waals surface area contributed by atoms with Crippen LogP contribution in [0.15, 0.2) is 29.2 Å². The fourth-order valence-electron chi connectivity index (χ4n) is 1.42. The third-order valence-corrected chi connectivity index (χ3v) is 3.06. The molecular formula is C9H8N2O5S. The Morgan fingerprint density at radius 3 is 2.18 bits per heavy atom. The third kappa shape index (κ3) is 2.27. The lowest BCUT2D eigenvalue weighted by Crippen LogP contribution is -2.35. The molecule has 7 nitrogen and oxygen atoms in total. The first-order valence-electron chi connectivity index (χ1n) is 4.58. The van der Waals surface area contributed by atoms with Crippen LogP contribution in [0.3, 0.4) is 0 Å². The Hall–Kier alpha value is -1.93. The van der Waals surface area contributed by atoms with E-state index in [1.165, 1.54) is 12.1 Å². The van der Waals surface area contributed by atoms with Gasteiger partial charge in [0.2, 0.25) is 5.91 Å². The molecule has 1 saturated heterocycles. The monoisotopic (exact) mass is 256 g/mol. The van der Waals surface area contributed by atoms with Crippen molar-refractivity contribution in [3.63, 3.8) is 0 Å². The van der Waals surface area contributed by atoms with Gasteiger partial charge in [-0.25, -0.2) is 5.01 Å². The van der Waals surface area contributed by atoms with E-state index in [0.717, 1.165) is 17.1 Å². The number of nitrogens with zero attached hydrogens (tertiary/aromatic N) is 1. The van der Waals surface area contributed by atoms with Crippen molar-refractivity contribution >= 4 is 27.6 Å². The predicted octanol–water partition coefficient (Wildman–Crippen LogP) is -0.299. The summed E-state index contributed by atoms with van der Waals surface area (Å²) in [6.07, 6.45) is -0.236. The van der Waals surface area contributed by atoms with E-state index in [2.05, 4.69) is 5.43 Å². The van der Waals surface area contributed by atoms with Gasteiger partial charge in [0, 0.05) is 0 Å². The van der Waals surface area contributed by atoms with Crippen LogP contribution in [-0.2, 0) is 19.7 Å². The van der Waals surface area contributed by atoms with Crippen LogP contribution in [-0.4, -0.2) is 24.8 Å². The molecule has 2 rings (SSSR count). The average Bonchev–Trinajstić information content (AvgIpc) is 2.57. The second kappa shape index (κ2) is 3.82. The maximum absolute atomic E-state index is 11.3. The Balaban J connectivity index is 2.31. The van der Waals surface area contributed by atoms with Crippen LogP contribution < -0.4 is 10.4 Å². The molecule has 0 saturated carbocycles. The van der Waals surface area contributed by atoms with Crippen molar-refractivity contribution in [1.82, 2.24) is 5.43 Å². The zero-order valence-corrected chi connectivity index (χ0v) is 9.27. The molecule has 1 fully saturated rings. The normalized spacial score (nSPS) is 16.2. The Kier molecular flexibility index (Phi) is 2.60. The number of rotatable bonds is 2. The standard InChI is InChI=1S/C9H8N2O5S/c12-8-5-9(13)11(10-8)6-1-3-7(4-2-6)17(14,15)16/h1-4H,5H2,(H,10,12)(H,14,15,16). The first-order chi connectivity index (χ1) is 7.88. The number of hydrazine groups is 1. The average molecular weight is 256 g/mol. The molecule has 1 aliphatic rings. The van der Waals surface area contributed by atoms with E-state index in [4.69, 9.17) is 4.55 Å². The first kappa shape index (κ1) is 11.6. The molecule has 2 amide bonds. The summed E-state index contributed by atoms with van der Waals surface area (Å²) in [6.45, 7) is 0. The van der Waals surface area contributed by atoms with Crippen LogP contribution in [0.5, 0.6) is 0 Å². The van der Waals surface area contributed by atoms with Gasteiger partial charge >= 0.3 is 0 Å². The summed E-state index contributed by atoms with van der Waals surface area (Å²) in [5, 5.41) is 1.02. The van der Waals surface area contributed by atoms with Gasteiger partial charge in [-0.3, -0.25) is 19.6 Å². The predicted molar refractivity (Wildman–Crippen MR) is 56.5 cm³/mol. The van der Waals surface area contributed by atoms with Crippen LogP contribution in [0.4, 0.5) is 5.69 Å². The number of amides is 2. The van der Waals surface area contributed by atoms with Gasteiger partial charge in [0.15, 0.2) is 0 Å². The van der Waals surface area contributed by atoms with Crippen LogP contribution >= 0.6 is 0 Å². The van der Waals surface area contributed by atoms with Gasteiger partial charge in [-0.15, -0.1) is 0 Å². The van der Waals surface area contributed by atoms with Gasteiger partial charge in [-0.05, 0) is 24.3 Å². The van der Waals surface area contributed by atoms with Gasteiger partial charge in [0.25, 0.3) is 16.0 Å². The van der Waals surface area contributed by atoms with Crippen molar-refractivity contribution in [1.29, 1.82) is 0 Å². The molecule has 0 spiro atoms. The molecule has 0 radical (unpaired) electrons. The Morgan fingerprint density at radius 1 is 1.18 bits per heavy atom. The Labute approximate surface area is 96.8 Å². The second-order valence-electron chi connectivity index (χ2n) is 3.41. The zero-order valence-electron chi connectivity index (χ0n) is 8.45. The molecule has 1 aromatic rings. The number of benzene rings is 1. The van der Waals surface area contributed by atoms with Crippen LogP contribution in [0.25, 0.3) is 0 Å². The van der Waals surface area contributed by atoms with Crippen molar-refractivity contribution in [3.8, 4) is 0 Å². The summed E-state index contributed by atoms with van der Waals surface area (Å²) < 4.78 is 30.3. The van der Waals surface area contributed by atoms with Crippen LogP contribution in [0.1, 0.15) is 6.42 Å². The zero-order chi connectivity index (χ0) is 12.6. The second-order valence-corrected chi connectivity index (χ2v) is 4.83. The van der Waals surface area contributed by atoms with Crippen molar-refractivity contribution in [2.24, 2.45) is 0 Å². The summed E-state index contributed by atoms with van der Waals surface area (Å²) in [7, 11) is -4.26. The smallest absolute Gasteiger partial charge is 0.282 e. The SMILES string of the molecule is O=C1CC(=O)N(c2ccc(S(=O)(=O)O)cc2)N1. The van der Waals surface area contributed by atoms with Crippen LogP contribution in [0.2, 0.25) is 0 Å². The summed E-state index contributed by atoms with van der Waals surface area (Å²) in [5.41, 5.74) is 2.64. The molecule has 0 unspecified atom stereocenters. The molecule has 2 N–H and O–H groups in total. The summed E-state index contributed by atoms with van der Waals surface area (Å²) >= 11 is 0. The minimum atomic E-state index is -4.26. The van der Waals surface area contributed by atoms with E-state index >= 15 is 0 Å². The molecule has 1 aromatic carbocycles. The maximum Gasteiger partial charge on any atom is 0.294 e. The van der Waals surface area contributed by atoms with Crippen LogP contribution in [0, 0.1) is 0 Å². The summed E-state index contributed by atoms with van der Waals surface area (Å²) in [6, 6.07) is 4.91. The van der Waals surface area contributed by atoms with E-state index in [-0.39, 0.29) is 11.3 Å². The number of nitrogens with one attached hydrogen (secondary N) is 1. The first-order valence-corrected chi connectivity index (χ1v) is 6.02. The van der Waals surface area contributed by atoms with Gasteiger partial charge in [0.1, 0.15) is 6.42 Å². The Bertz CT molecular complexity index is 578. The number of carbonyl (C=O) groups excluding carboxylic acids is 2. The highest BCUT2D eigenvalue weighted by atomic mass is 32.2. The topological polar surface area (TPSA) is 104 Å². The highest BCUT2D eigenvalue weighted by molar-refractivity contribution is 7.85. The Morgan fingerprint density at radius 2 is 1.76 bits per heavy atom. The van der Waals surface area contributed by atoms with Crippen molar-refractivity contribution in [2.75, 3.05) is 5.01 Å². The molecule has 0 aromatic heterocycles. The summed E-state index contributed by atoms with van der Waals surface area (Å²) in [5.74, 6) is -0.844. The molecule has 0 bridgehead atoms. The molecule has 8 heteroatoms. The fraction of sp³-hybridized carbons (Fsp3) is 0.111. The molecule has 1 aliphatic heterocycles. The highest BCUT2D eigenvalue weighted by Gasteiger charge is 2.28. The lowest BCUT2D eigenvalue weighted by molar-refractivity contribution is -0.122. The largest absolute Gasteiger partial charge is 0.294 e.